The Bertz CT molecular complexity index is 487. The van der Waals surface area contributed by atoms with Gasteiger partial charge in [-0.15, -0.1) is 0 Å². The summed E-state index contributed by atoms with van der Waals surface area (Å²) in [6.07, 6.45) is 2.00. The summed E-state index contributed by atoms with van der Waals surface area (Å²) in [5.41, 5.74) is 2.54. The second-order valence-electron chi connectivity index (χ2n) is 5.64. The Kier molecular flexibility index (Phi) is 4.55. The first kappa shape index (κ1) is 14.5. The van der Waals surface area contributed by atoms with Gasteiger partial charge in [-0.25, -0.2) is 4.98 Å². The highest BCUT2D eigenvalue weighted by molar-refractivity contribution is 5.53. The van der Waals surface area contributed by atoms with Gasteiger partial charge in [0.2, 0.25) is 5.95 Å². The standard InChI is InChI=1S/C15H25N5O/c1-3-19(2)14-12-4-6-16-7-5-13(12)17-15(18-14)20-8-10-21-11-9-20/h16H,3-11H2,1-2H3. The van der Waals surface area contributed by atoms with E-state index in [1.807, 2.05) is 0 Å². The van der Waals surface area contributed by atoms with Crippen molar-refractivity contribution in [1.29, 1.82) is 0 Å². The monoisotopic (exact) mass is 291 g/mol. The first-order valence-electron chi connectivity index (χ1n) is 7.94. The Labute approximate surface area is 126 Å². The molecule has 0 spiro atoms. The van der Waals surface area contributed by atoms with Crippen molar-refractivity contribution in [2.45, 2.75) is 19.8 Å². The summed E-state index contributed by atoms with van der Waals surface area (Å²) < 4.78 is 5.44. The molecule has 0 saturated carbocycles. The number of hydrogen-bond donors (Lipinski definition) is 1. The summed E-state index contributed by atoms with van der Waals surface area (Å²) in [5, 5.41) is 3.46. The van der Waals surface area contributed by atoms with E-state index >= 15 is 0 Å². The average molecular weight is 291 g/mol. The summed E-state index contributed by atoms with van der Waals surface area (Å²) >= 11 is 0. The molecule has 1 fully saturated rings. The van der Waals surface area contributed by atoms with E-state index < -0.39 is 0 Å². The van der Waals surface area contributed by atoms with Crippen LogP contribution < -0.4 is 15.1 Å². The SMILES string of the molecule is CCN(C)c1nc(N2CCOCC2)nc2c1CCNCC2. The van der Waals surface area contributed by atoms with Crippen LogP contribution in [0.2, 0.25) is 0 Å². The largest absolute Gasteiger partial charge is 0.378 e. The summed E-state index contributed by atoms with van der Waals surface area (Å²) in [6, 6.07) is 0. The zero-order valence-corrected chi connectivity index (χ0v) is 13.1. The predicted molar refractivity (Wildman–Crippen MR) is 84.3 cm³/mol. The van der Waals surface area contributed by atoms with E-state index in [-0.39, 0.29) is 0 Å². The van der Waals surface area contributed by atoms with Crippen LogP contribution in [0.3, 0.4) is 0 Å². The van der Waals surface area contributed by atoms with Crippen LogP contribution in [-0.2, 0) is 17.6 Å². The quantitative estimate of drug-likeness (QED) is 0.873. The van der Waals surface area contributed by atoms with Gasteiger partial charge in [0.1, 0.15) is 5.82 Å². The lowest BCUT2D eigenvalue weighted by atomic mass is 10.1. The van der Waals surface area contributed by atoms with Gasteiger partial charge in [0, 0.05) is 45.2 Å². The van der Waals surface area contributed by atoms with Crippen LogP contribution in [0.5, 0.6) is 0 Å². The number of rotatable bonds is 3. The van der Waals surface area contributed by atoms with E-state index in [0.717, 1.165) is 70.5 Å². The van der Waals surface area contributed by atoms with Crippen molar-refractivity contribution >= 4 is 11.8 Å². The Morgan fingerprint density at radius 3 is 2.71 bits per heavy atom. The van der Waals surface area contributed by atoms with Crippen molar-refractivity contribution in [3.8, 4) is 0 Å². The number of anilines is 2. The normalized spacial score (nSPS) is 19.0. The molecule has 0 aromatic carbocycles. The predicted octanol–water partition coefficient (Wildman–Crippen LogP) is 0.458. The van der Waals surface area contributed by atoms with Gasteiger partial charge in [0.05, 0.1) is 18.9 Å². The molecule has 0 unspecified atom stereocenters. The molecule has 1 N–H and O–H groups in total. The van der Waals surface area contributed by atoms with Crippen LogP contribution >= 0.6 is 0 Å². The number of ether oxygens (including phenoxy) is 1. The minimum Gasteiger partial charge on any atom is -0.378 e. The Balaban J connectivity index is 1.99. The van der Waals surface area contributed by atoms with Gasteiger partial charge in [0.15, 0.2) is 0 Å². The van der Waals surface area contributed by atoms with Crippen LogP contribution in [-0.4, -0.2) is 63.0 Å². The Morgan fingerprint density at radius 1 is 1.19 bits per heavy atom. The van der Waals surface area contributed by atoms with Gasteiger partial charge >= 0.3 is 0 Å². The molecule has 2 aliphatic rings. The molecule has 1 saturated heterocycles. The van der Waals surface area contributed by atoms with Crippen LogP contribution in [0.25, 0.3) is 0 Å². The van der Waals surface area contributed by atoms with Gasteiger partial charge < -0.3 is 19.9 Å². The summed E-state index contributed by atoms with van der Waals surface area (Å²) in [6.45, 7) is 8.43. The lowest BCUT2D eigenvalue weighted by molar-refractivity contribution is 0.122. The fourth-order valence-corrected chi connectivity index (χ4v) is 2.88. The fourth-order valence-electron chi connectivity index (χ4n) is 2.88. The fraction of sp³-hybridized carbons (Fsp3) is 0.733. The zero-order chi connectivity index (χ0) is 14.7. The van der Waals surface area contributed by atoms with E-state index in [2.05, 4.69) is 29.1 Å². The number of aromatic nitrogens is 2. The van der Waals surface area contributed by atoms with Crippen molar-refractivity contribution < 1.29 is 4.74 Å². The van der Waals surface area contributed by atoms with E-state index in [4.69, 9.17) is 14.7 Å². The van der Waals surface area contributed by atoms with Crippen LogP contribution in [0, 0.1) is 0 Å². The van der Waals surface area contributed by atoms with Crippen molar-refractivity contribution in [2.24, 2.45) is 0 Å². The molecule has 116 valence electrons. The maximum Gasteiger partial charge on any atom is 0.227 e. The third-order valence-corrected chi connectivity index (χ3v) is 4.28. The van der Waals surface area contributed by atoms with Crippen LogP contribution in [0.15, 0.2) is 0 Å². The molecule has 0 atom stereocenters. The molecule has 1 aromatic rings. The number of nitrogens with one attached hydrogen (secondary N) is 1. The van der Waals surface area contributed by atoms with E-state index in [1.165, 1.54) is 11.3 Å². The first-order valence-corrected chi connectivity index (χ1v) is 7.94. The van der Waals surface area contributed by atoms with Crippen molar-refractivity contribution in [1.82, 2.24) is 15.3 Å². The second-order valence-corrected chi connectivity index (χ2v) is 5.64. The molecule has 0 radical (unpaired) electrons. The molecule has 0 amide bonds. The van der Waals surface area contributed by atoms with Crippen molar-refractivity contribution in [3.63, 3.8) is 0 Å². The molecule has 21 heavy (non-hydrogen) atoms. The van der Waals surface area contributed by atoms with Gasteiger partial charge in [-0.05, 0) is 19.9 Å². The van der Waals surface area contributed by atoms with Crippen LogP contribution in [0.4, 0.5) is 11.8 Å². The highest BCUT2D eigenvalue weighted by Gasteiger charge is 2.22. The second kappa shape index (κ2) is 6.58. The maximum atomic E-state index is 5.44. The third kappa shape index (κ3) is 3.11. The lowest BCUT2D eigenvalue weighted by Crippen LogP contribution is -2.38. The Morgan fingerprint density at radius 2 is 1.95 bits per heavy atom. The molecule has 2 aliphatic heterocycles. The topological polar surface area (TPSA) is 53.5 Å². The van der Waals surface area contributed by atoms with Crippen molar-refractivity contribution in [3.05, 3.63) is 11.3 Å². The maximum absolute atomic E-state index is 5.44. The van der Waals surface area contributed by atoms with Gasteiger partial charge in [-0.1, -0.05) is 0 Å². The number of nitrogens with zero attached hydrogens (tertiary/aromatic N) is 4. The van der Waals surface area contributed by atoms with Gasteiger partial charge in [-0.2, -0.15) is 4.98 Å². The average Bonchev–Trinajstić information content (AvgIpc) is 2.79. The molecule has 6 nitrogen and oxygen atoms in total. The molecular formula is C15H25N5O. The minimum atomic E-state index is 0.765. The molecule has 6 heteroatoms. The van der Waals surface area contributed by atoms with E-state index in [1.54, 1.807) is 0 Å². The van der Waals surface area contributed by atoms with Gasteiger partial charge in [0.25, 0.3) is 0 Å². The summed E-state index contributed by atoms with van der Waals surface area (Å²) in [5.74, 6) is 1.97. The van der Waals surface area contributed by atoms with Crippen molar-refractivity contribution in [2.75, 3.05) is 62.8 Å². The molecule has 3 rings (SSSR count). The van der Waals surface area contributed by atoms with E-state index in [0.29, 0.717) is 0 Å². The highest BCUT2D eigenvalue weighted by atomic mass is 16.5. The molecular weight excluding hydrogens is 266 g/mol. The third-order valence-electron chi connectivity index (χ3n) is 4.28. The minimum absolute atomic E-state index is 0.765. The summed E-state index contributed by atoms with van der Waals surface area (Å²) in [4.78, 5) is 14.2. The van der Waals surface area contributed by atoms with Gasteiger partial charge in [-0.3, -0.25) is 0 Å². The highest BCUT2D eigenvalue weighted by Crippen LogP contribution is 2.25. The first-order chi connectivity index (χ1) is 10.3. The van der Waals surface area contributed by atoms with E-state index in [9.17, 15) is 0 Å². The number of hydrogen-bond acceptors (Lipinski definition) is 6. The number of fused-ring (bicyclic) bond motifs is 1. The lowest BCUT2D eigenvalue weighted by Gasteiger charge is -2.29. The van der Waals surface area contributed by atoms with Crippen LogP contribution in [0.1, 0.15) is 18.2 Å². The number of morpholine rings is 1. The zero-order valence-electron chi connectivity index (χ0n) is 13.1. The molecule has 0 bridgehead atoms. The molecule has 1 aromatic heterocycles. The molecule has 3 heterocycles. The smallest absolute Gasteiger partial charge is 0.227 e. The summed E-state index contributed by atoms with van der Waals surface area (Å²) in [7, 11) is 2.12. The Hall–Kier alpha value is -1.40. The molecule has 0 aliphatic carbocycles.